The second-order valence-electron chi connectivity index (χ2n) is 12.8. The zero-order valence-corrected chi connectivity index (χ0v) is 21.0. The normalized spacial score (nSPS) is 52.8. The zero-order chi connectivity index (χ0) is 24.2. The number of hydrogen-bond acceptors (Lipinski definition) is 6. The first-order valence-electron chi connectivity index (χ1n) is 13.5. The van der Waals surface area contributed by atoms with E-state index >= 15 is 0 Å². The third-order valence-electron chi connectivity index (χ3n) is 11.9. The first kappa shape index (κ1) is 23.2. The molecule has 6 heteroatoms. The molecule has 2 heterocycles. The molecule has 0 radical (unpaired) electrons. The highest BCUT2D eigenvalue weighted by molar-refractivity contribution is 5.90. The maximum atomic E-state index is 13.4. The Morgan fingerprint density at radius 1 is 1.12 bits per heavy atom. The van der Waals surface area contributed by atoms with Gasteiger partial charge in [-0.1, -0.05) is 19.4 Å². The Labute approximate surface area is 202 Å². The number of Topliss-reactive ketones (excluding diaryl/α,β-unsaturated/α-hetero) is 1. The van der Waals surface area contributed by atoms with Crippen molar-refractivity contribution in [3.05, 3.63) is 11.1 Å². The fraction of sp³-hybridized carbons (Fsp3) is 0.857. The van der Waals surface area contributed by atoms with E-state index in [1.54, 1.807) is 0 Å². The van der Waals surface area contributed by atoms with E-state index in [0.717, 1.165) is 37.7 Å². The summed E-state index contributed by atoms with van der Waals surface area (Å²) in [5, 5.41) is 20.4. The summed E-state index contributed by atoms with van der Waals surface area (Å²) < 4.78 is 12.1. The second-order valence-corrected chi connectivity index (χ2v) is 12.8. The number of rotatable bonds is 3. The highest BCUT2D eigenvalue weighted by Crippen LogP contribution is 2.73. The van der Waals surface area contributed by atoms with Crippen molar-refractivity contribution >= 4 is 11.8 Å². The van der Waals surface area contributed by atoms with E-state index < -0.39 is 17.1 Å². The molecule has 11 atom stereocenters. The lowest BCUT2D eigenvalue weighted by molar-refractivity contribution is -0.166. The van der Waals surface area contributed by atoms with Crippen molar-refractivity contribution in [2.75, 3.05) is 6.61 Å². The number of epoxide rings is 1. The molecule has 2 N–H and O–H groups in total. The fourth-order valence-corrected chi connectivity index (χ4v) is 10.1. The van der Waals surface area contributed by atoms with E-state index in [9.17, 15) is 19.8 Å². The lowest BCUT2D eigenvalue weighted by Crippen LogP contribution is -2.64. The Balaban J connectivity index is 1.26. The van der Waals surface area contributed by atoms with Crippen molar-refractivity contribution in [2.45, 2.75) is 103 Å². The molecule has 0 unspecified atom stereocenters. The van der Waals surface area contributed by atoms with E-state index in [0.29, 0.717) is 48.4 Å². The third kappa shape index (κ3) is 2.68. The van der Waals surface area contributed by atoms with Crippen LogP contribution in [0.4, 0.5) is 0 Å². The van der Waals surface area contributed by atoms with Crippen LogP contribution in [0.2, 0.25) is 0 Å². The topological polar surface area (TPSA) is 96.4 Å². The lowest BCUT2D eigenvalue weighted by atomic mass is 9.43. The van der Waals surface area contributed by atoms with Crippen LogP contribution in [-0.2, 0) is 19.1 Å². The van der Waals surface area contributed by atoms with Crippen LogP contribution >= 0.6 is 0 Å². The highest BCUT2D eigenvalue weighted by Gasteiger charge is 2.80. The van der Waals surface area contributed by atoms with Crippen molar-refractivity contribution in [3.63, 3.8) is 0 Å². The maximum Gasteiger partial charge on any atom is 0.336 e. The Morgan fingerprint density at radius 2 is 1.88 bits per heavy atom. The standard InChI is InChI=1S/C28H40O6/c1-14-11-21(33-25(32)17(14)13-29)15(2)18-5-6-19-16-12-24-28(34-24)23(31)8-7-22(30)27(28,4)20(16)9-10-26(18,19)3/h15-16,18-21,23-24,29,31H,5-13H2,1-4H3/t15-,16-,18+,19-,20-,21+,23-,24+,26+,27-,28+/m0/s1. The minimum absolute atomic E-state index is 0.0146. The van der Waals surface area contributed by atoms with Gasteiger partial charge < -0.3 is 19.7 Å². The van der Waals surface area contributed by atoms with Gasteiger partial charge in [0, 0.05) is 12.8 Å². The quantitative estimate of drug-likeness (QED) is 0.482. The number of hydrogen-bond donors (Lipinski definition) is 2. The van der Waals surface area contributed by atoms with E-state index in [-0.39, 0.29) is 42.0 Å². The number of carbonyl (C=O) groups excluding carboxylic acids is 2. The van der Waals surface area contributed by atoms with E-state index in [2.05, 4.69) is 20.8 Å². The van der Waals surface area contributed by atoms with Crippen molar-refractivity contribution in [1.29, 1.82) is 0 Å². The molecule has 0 aromatic rings. The Hall–Kier alpha value is -1.24. The van der Waals surface area contributed by atoms with Gasteiger partial charge in [0.25, 0.3) is 0 Å². The van der Waals surface area contributed by atoms with Crippen molar-refractivity contribution in [2.24, 2.45) is 40.4 Å². The molecule has 5 fully saturated rings. The van der Waals surface area contributed by atoms with E-state index in [1.165, 1.54) is 0 Å². The Morgan fingerprint density at radius 3 is 2.59 bits per heavy atom. The molecule has 1 saturated heterocycles. The monoisotopic (exact) mass is 472 g/mol. The smallest absolute Gasteiger partial charge is 0.336 e. The summed E-state index contributed by atoms with van der Waals surface area (Å²) in [7, 11) is 0. The summed E-state index contributed by atoms with van der Waals surface area (Å²) in [6.07, 6.45) is 6.38. The van der Waals surface area contributed by atoms with Gasteiger partial charge >= 0.3 is 5.97 Å². The summed E-state index contributed by atoms with van der Waals surface area (Å²) in [4.78, 5) is 25.9. The van der Waals surface area contributed by atoms with Gasteiger partial charge in [0.2, 0.25) is 0 Å². The molecule has 0 amide bonds. The van der Waals surface area contributed by atoms with Gasteiger partial charge in [0.05, 0.1) is 29.8 Å². The second kappa shape index (κ2) is 7.39. The van der Waals surface area contributed by atoms with Gasteiger partial charge in [-0.2, -0.15) is 0 Å². The van der Waals surface area contributed by atoms with E-state index in [4.69, 9.17) is 9.47 Å². The lowest BCUT2D eigenvalue weighted by Gasteiger charge is -2.59. The van der Waals surface area contributed by atoms with Crippen LogP contribution < -0.4 is 0 Å². The van der Waals surface area contributed by atoms with Crippen LogP contribution in [0.3, 0.4) is 0 Å². The largest absolute Gasteiger partial charge is 0.458 e. The van der Waals surface area contributed by atoms with Crippen LogP contribution in [0, 0.1) is 40.4 Å². The predicted octanol–water partition coefficient (Wildman–Crippen LogP) is 3.58. The molecule has 1 spiro atoms. The molecule has 4 saturated carbocycles. The molecule has 188 valence electrons. The minimum Gasteiger partial charge on any atom is -0.458 e. The van der Waals surface area contributed by atoms with E-state index in [1.807, 2.05) is 6.92 Å². The number of ketones is 1. The first-order valence-corrected chi connectivity index (χ1v) is 13.5. The molecule has 6 aliphatic rings. The number of cyclic esters (lactones) is 1. The molecule has 0 aromatic heterocycles. The average molecular weight is 473 g/mol. The van der Waals surface area contributed by atoms with Gasteiger partial charge in [0.15, 0.2) is 0 Å². The molecular weight excluding hydrogens is 432 g/mol. The highest BCUT2D eigenvalue weighted by atomic mass is 16.6. The van der Waals surface area contributed by atoms with Crippen molar-refractivity contribution in [3.8, 4) is 0 Å². The Bertz CT molecular complexity index is 957. The molecule has 4 aliphatic carbocycles. The zero-order valence-electron chi connectivity index (χ0n) is 21.0. The number of fused-ring (bicyclic) bond motifs is 4. The third-order valence-corrected chi connectivity index (χ3v) is 11.9. The number of ether oxygens (including phenoxy) is 2. The average Bonchev–Trinajstić information content (AvgIpc) is 3.43. The number of esters is 1. The summed E-state index contributed by atoms with van der Waals surface area (Å²) in [5.41, 5.74) is 0.333. The van der Waals surface area contributed by atoms with Crippen molar-refractivity contribution < 1.29 is 29.3 Å². The summed E-state index contributed by atoms with van der Waals surface area (Å²) >= 11 is 0. The summed E-state index contributed by atoms with van der Waals surface area (Å²) in [6, 6.07) is 0. The number of carbonyl (C=O) groups is 2. The Kier molecular flexibility index (Phi) is 5.04. The summed E-state index contributed by atoms with van der Waals surface area (Å²) in [5.74, 6) is 1.93. The number of aliphatic hydroxyl groups is 2. The van der Waals surface area contributed by atoms with Crippen LogP contribution in [-0.4, -0.2) is 52.5 Å². The fourth-order valence-electron chi connectivity index (χ4n) is 10.1. The number of aliphatic hydroxyl groups excluding tert-OH is 2. The van der Waals surface area contributed by atoms with Gasteiger partial charge in [-0.3, -0.25) is 4.79 Å². The molecule has 6 rings (SSSR count). The van der Waals surface area contributed by atoms with Gasteiger partial charge in [-0.05, 0) is 87.4 Å². The first-order chi connectivity index (χ1) is 16.1. The van der Waals surface area contributed by atoms with Crippen LogP contribution in [0.1, 0.15) is 79.1 Å². The maximum absolute atomic E-state index is 13.4. The van der Waals surface area contributed by atoms with Gasteiger partial charge in [0.1, 0.15) is 17.5 Å². The SMILES string of the molecule is CC1=C(CO)C(=O)O[C@@H]([C@@H](C)[C@H]2CC[C@H]3[C@@H]4C[C@H]5O[C@]56[C@@H](O)CCC(=O)[C@]6(C)[C@H]4CC[C@]23C)C1. The molecular formula is C28H40O6. The van der Waals surface area contributed by atoms with Gasteiger partial charge in [-0.25, -0.2) is 4.79 Å². The van der Waals surface area contributed by atoms with Crippen LogP contribution in [0.25, 0.3) is 0 Å². The molecule has 0 aromatic carbocycles. The molecule has 34 heavy (non-hydrogen) atoms. The minimum atomic E-state index is -0.632. The summed E-state index contributed by atoms with van der Waals surface area (Å²) in [6.45, 7) is 8.49. The molecule has 6 nitrogen and oxygen atoms in total. The van der Waals surface area contributed by atoms with Crippen molar-refractivity contribution in [1.82, 2.24) is 0 Å². The molecule has 0 bridgehead atoms. The van der Waals surface area contributed by atoms with Crippen LogP contribution in [0.15, 0.2) is 11.1 Å². The van der Waals surface area contributed by atoms with Gasteiger partial charge in [-0.15, -0.1) is 0 Å². The molecule has 2 aliphatic heterocycles. The van der Waals surface area contributed by atoms with Crippen LogP contribution in [0.5, 0.6) is 0 Å². The predicted molar refractivity (Wildman–Crippen MR) is 125 cm³/mol.